The Balaban J connectivity index is 1.39. The molecule has 0 N–H and O–H groups in total. The second kappa shape index (κ2) is 10.0. The Morgan fingerprint density at radius 1 is 0.941 bits per heavy atom. The van der Waals surface area contributed by atoms with Gasteiger partial charge in [0.2, 0.25) is 15.9 Å². The van der Waals surface area contributed by atoms with Gasteiger partial charge in [-0.25, -0.2) is 8.42 Å². The molecule has 0 radical (unpaired) electrons. The largest absolute Gasteiger partial charge is 0.335 e. The third kappa shape index (κ3) is 5.41. The molecule has 2 aromatic rings. The summed E-state index contributed by atoms with van der Waals surface area (Å²) in [6, 6.07) is 14.9. The molecular weight excluding hydrogens is 448 g/mol. The maximum atomic E-state index is 13.4. The second-order valence-corrected chi connectivity index (χ2v) is 11.8. The Bertz CT molecular complexity index is 1130. The minimum atomic E-state index is -3.64. The molecular formula is C27H34N2O4S. The third-order valence-electron chi connectivity index (χ3n) is 6.97. The molecule has 2 aliphatic rings. The lowest BCUT2D eigenvalue weighted by Crippen LogP contribution is -2.44. The van der Waals surface area contributed by atoms with Gasteiger partial charge in [0.15, 0.2) is 5.78 Å². The number of amides is 1. The zero-order chi connectivity index (χ0) is 24.5. The number of benzene rings is 2. The van der Waals surface area contributed by atoms with Gasteiger partial charge in [-0.1, -0.05) is 50.2 Å². The molecule has 4 rings (SSSR count). The van der Waals surface area contributed by atoms with Crippen molar-refractivity contribution >= 4 is 21.7 Å². The molecule has 34 heavy (non-hydrogen) atoms. The van der Waals surface area contributed by atoms with Gasteiger partial charge in [0.05, 0.1) is 4.90 Å². The molecule has 0 spiro atoms. The Labute approximate surface area is 203 Å². The minimum absolute atomic E-state index is 0.0978. The zero-order valence-corrected chi connectivity index (χ0v) is 21.1. The van der Waals surface area contributed by atoms with Crippen LogP contribution in [0, 0.1) is 5.92 Å². The predicted octanol–water partition coefficient (Wildman–Crippen LogP) is 4.60. The van der Waals surface area contributed by atoms with E-state index in [4.69, 9.17) is 0 Å². The number of ketones is 1. The van der Waals surface area contributed by atoms with Crippen LogP contribution in [0.25, 0.3) is 0 Å². The average molecular weight is 483 g/mol. The third-order valence-corrected chi connectivity index (χ3v) is 8.88. The molecule has 1 amide bonds. The van der Waals surface area contributed by atoms with Gasteiger partial charge in [-0.15, -0.1) is 0 Å². The number of nitrogens with zero attached hydrogens (tertiary/aromatic N) is 2. The van der Waals surface area contributed by atoms with Gasteiger partial charge in [-0.05, 0) is 61.8 Å². The molecule has 1 aliphatic heterocycles. The lowest BCUT2D eigenvalue weighted by Gasteiger charge is -2.34. The molecule has 2 fully saturated rings. The Hall–Kier alpha value is -2.51. The van der Waals surface area contributed by atoms with Crippen LogP contribution in [0.4, 0.5) is 0 Å². The fraction of sp³-hybridized carbons (Fsp3) is 0.481. The Morgan fingerprint density at radius 3 is 2.03 bits per heavy atom. The predicted molar refractivity (Wildman–Crippen MR) is 132 cm³/mol. The average Bonchev–Trinajstić information content (AvgIpc) is 3.68. The maximum Gasteiger partial charge on any atom is 0.243 e. The number of piperidine rings is 1. The second-order valence-electron chi connectivity index (χ2n) is 9.85. The van der Waals surface area contributed by atoms with Crippen LogP contribution in [-0.2, 0) is 21.4 Å². The zero-order valence-electron chi connectivity index (χ0n) is 20.2. The van der Waals surface area contributed by atoms with Crippen LogP contribution in [0.2, 0.25) is 0 Å². The van der Waals surface area contributed by atoms with E-state index in [1.165, 1.54) is 28.9 Å². The summed E-state index contributed by atoms with van der Waals surface area (Å²) in [6.45, 7) is 7.06. The number of rotatable bonds is 8. The van der Waals surface area contributed by atoms with Crippen LogP contribution in [0.5, 0.6) is 0 Å². The minimum Gasteiger partial charge on any atom is -0.335 e. The fourth-order valence-electron chi connectivity index (χ4n) is 4.57. The standard InChI is InChI=1S/C27H34N2O4S/c1-19(2)22-6-4-21(5-7-22)18-29(25-10-11-25)27(31)24-14-16-28(17-15-24)34(32,33)26-12-8-23(9-13-26)20(3)30/h4-9,12-13,19,24-25H,10-11,14-18H2,1-3H3. The van der Waals surface area contributed by atoms with Crippen LogP contribution in [-0.4, -0.2) is 48.4 Å². The summed E-state index contributed by atoms with van der Waals surface area (Å²) in [5.41, 5.74) is 2.92. The van der Waals surface area contributed by atoms with E-state index in [-0.39, 0.29) is 22.5 Å². The summed E-state index contributed by atoms with van der Waals surface area (Å²) >= 11 is 0. The van der Waals surface area contributed by atoms with Crippen molar-refractivity contribution in [2.45, 2.75) is 69.9 Å². The number of carbonyl (C=O) groups excluding carboxylic acids is 2. The first-order valence-corrected chi connectivity index (χ1v) is 13.6. The lowest BCUT2D eigenvalue weighted by molar-refractivity contribution is -0.138. The number of sulfonamides is 1. The molecule has 1 heterocycles. The molecule has 7 heteroatoms. The van der Waals surface area contributed by atoms with E-state index in [2.05, 4.69) is 38.1 Å². The molecule has 0 unspecified atom stereocenters. The highest BCUT2D eigenvalue weighted by atomic mass is 32.2. The highest BCUT2D eigenvalue weighted by Gasteiger charge is 2.38. The van der Waals surface area contributed by atoms with Crippen LogP contribution in [0.3, 0.4) is 0 Å². The molecule has 0 bridgehead atoms. The van der Waals surface area contributed by atoms with Gasteiger partial charge in [-0.3, -0.25) is 9.59 Å². The van der Waals surface area contributed by atoms with Gasteiger partial charge in [0, 0.05) is 37.2 Å². The first-order valence-electron chi connectivity index (χ1n) is 12.2. The van der Waals surface area contributed by atoms with Crippen molar-refractivity contribution in [3.8, 4) is 0 Å². The maximum absolute atomic E-state index is 13.4. The van der Waals surface area contributed by atoms with Crippen LogP contribution in [0.15, 0.2) is 53.4 Å². The van der Waals surface area contributed by atoms with E-state index < -0.39 is 10.0 Å². The van der Waals surface area contributed by atoms with Crippen molar-refractivity contribution in [2.24, 2.45) is 5.92 Å². The number of hydrogen-bond acceptors (Lipinski definition) is 4. The summed E-state index contributed by atoms with van der Waals surface area (Å²) < 4.78 is 27.6. The highest BCUT2D eigenvalue weighted by molar-refractivity contribution is 7.89. The van der Waals surface area contributed by atoms with E-state index in [9.17, 15) is 18.0 Å². The lowest BCUT2D eigenvalue weighted by atomic mass is 9.96. The Morgan fingerprint density at radius 2 is 1.53 bits per heavy atom. The molecule has 1 saturated carbocycles. The summed E-state index contributed by atoms with van der Waals surface area (Å²) in [6.07, 6.45) is 3.14. The summed E-state index contributed by atoms with van der Waals surface area (Å²) in [5.74, 6) is 0.378. The molecule has 0 atom stereocenters. The first-order chi connectivity index (χ1) is 16.2. The topological polar surface area (TPSA) is 74.8 Å². The van der Waals surface area contributed by atoms with Crippen molar-refractivity contribution in [1.29, 1.82) is 0 Å². The van der Waals surface area contributed by atoms with E-state index in [0.717, 1.165) is 18.4 Å². The van der Waals surface area contributed by atoms with Gasteiger partial charge in [0.25, 0.3) is 0 Å². The van der Waals surface area contributed by atoms with Crippen molar-refractivity contribution < 1.29 is 18.0 Å². The summed E-state index contributed by atoms with van der Waals surface area (Å²) in [7, 11) is -3.64. The molecule has 2 aromatic carbocycles. The quantitative estimate of drug-likeness (QED) is 0.515. The first kappa shape index (κ1) is 24.6. The van der Waals surface area contributed by atoms with Gasteiger partial charge in [-0.2, -0.15) is 4.31 Å². The normalized spacial score (nSPS) is 17.6. The molecule has 0 aromatic heterocycles. The van der Waals surface area contributed by atoms with E-state index in [1.54, 1.807) is 12.1 Å². The summed E-state index contributed by atoms with van der Waals surface area (Å²) in [5, 5.41) is 0. The smallest absolute Gasteiger partial charge is 0.243 e. The van der Waals surface area contributed by atoms with Crippen LogP contribution < -0.4 is 0 Å². The molecule has 182 valence electrons. The van der Waals surface area contributed by atoms with Crippen LogP contribution >= 0.6 is 0 Å². The van der Waals surface area contributed by atoms with Crippen LogP contribution in [0.1, 0.15) is 73.9 Å². The van der Waals surface area contributed by atoms with Crippen molar-refractivity contribution in [1.82, 2.24) is 9.21 Å². The van der Waals surface area contributed by atoms with Crippen molar-refractivity contribution in [2.75, 3.05) is 13.1 Å². The summed E-state index contributed by atoms with van der Waals surface area (Å²) in [4.78, 5) is 27.1. The van der Waals surface area contributed by atoms with Gasteiger partial charge >= 0.3 is 0 Å². The molecule has 1 saturated heterocycles. The van der Waals surface area contributed by atoms with E-state index in [0.29, 0.717) is 50.0 Å². The highest BCUT2D eigenvalue weighted by Crippen LogP contribution is 2.33. The Kier molecular flexibility index (Phi) is 7.24. The number of carbonyl (C=O) groups is 2. The van der Waals surface area contributed by atoms with Crippen molar-refractivity contribution in [3.05, 3.63) is 65.2 Å². The molecule has 1 aliphatic carbocycles. The molecule has 6 nitrogen and oxygen atoms in total. The van der Waals surface area contributed by atoms with E-state index in [1.807, 2.05) is 4.90 Å². The monoisotopic (exact) mass is 482 g/mol. The number of Topliss-reactive ketones (excluding diaryl/α,β-unsaturated/α-hetero) is 1. The SMILES string of the molecule is CC(=O)c1ccc(S(=O)(=O)N2CCC(C(=O)N(Cc3ccc(C(C)C)cc3)C3CC3)CC2)cc1. The fourth-order valence-corrected chi connectivity index (χ4v) is 6.04. The van der Waals surface area contributed by atoms with E-state index >= 15 is 0 Å². The van der Waals surface area contributed by atoms with Crippen molar-refractivity contribution in [3.63, 3.8) is 0 Å². The van der Waals surface area contributed by atoms with Gasteiger partial charge in [0.1, 0.15) is 0 Å². The van der Waals surface area contributed by atoms with Gasteiger partial charge < -0.3 is 4.90 Å². The number of hydrogen-bond donors (Lipinski definition) is 0.